The van der Waals surface area contributed by atoms with E-state index in [4.69, 9.17) is 4.74 Å². The molecule has 132 valence electrons. The molecule has 25 heavy (non-hydrogen) atoms. The van der Waals surface area contributed by atoms with Crippen molar-refractivity contribution in [3.63, 3.8) is 0 Å². The topological polar surface area (TPSA) is 12.5 Å². The third kappa shape index (κ3) is 4.32. The van der Waals surface area contributed by atoms with Crippen LogP contribution in [-0.2, 0) is 5.41 Å². The van der Waals surface area contributed by atoms with Crippen molar-refractivity contribution in [3.8, 4) is 5.75 Å². The van der Waals surface area contributed by atoms with Crippen molar-refractivity contribution in [1.82, 2.24) is 4.90 Å². The van der Waals surface area contributed by atoms with E-state index in [0.717, 1.165) is 25.4 Å². The molecule has 0 aromatic heterocycles. The van der Waals surface area contributed by atoms with Gasteiger partial charge in [0.25, 0.3) is 0 Å². The average Bonchev–Trinajstić information content (AvgIpc) is 3.07. The normalized spacial score (nSPS) is 21.0. The van der Waals surface area contributed by atoms with Crippen molar-refractivity contribution in [1.29, 1.82) is 0 Å². The molecule has 1 saturated heterocycles. The number of benzene rings is 2. The lowest BCUT2D eigenvalue weighted by molar-refractivity contribution is 0.326. The molecular weight excluding hydrogens is 306 g/mol. The van der Waals surface area contributed by atoms with E-state index in [9.17, 15) is 0 Å². The predicted octanol–water partition coefficient (Wildman–Crippen LogP) is 5.15. The van der Waals surface area contributed by atoms with Gasteiger partial charge in [-0.25, -0.2) is 0 Å². The average molecular weight is 335 g/mol. The number of nitrogens with zero attached hydrogens (tertiary/aromatic N) is 1. The van der Waals surface area contributed by atoms with Gasteiger partial charge in [0.05, 0.1) is 7.11 Å². The first-order valence-corrected chi connectivity index (χ1v) is 9.34. The van der Waals surface area contributed by atoms with E-state index in [1.165, 1.54) is 30.4 Å². The van der Waals surface area contributed by atoms with Gasteiger partial charge in [-0.2, -0.15) is 0 Å². The zero-order valence-electron chi connectivity index (χ0n) is 15.4. The summed E-state index contributed by atoms with van der Waals surface area (Å²) in [6.07, 6.45) is 8.20. The summed E-state index contributed by atoms with van der Waals surface area (Å²) < 4.78 is 5.45. The number of ether oxygens (including phenoxy) is 1. The van der Waals surface area contributed by atoms with Crippen LogP contribution in [0.4, 0.5) is 0 Å². The molecule has 0 amide bonds. The Kier molecular flexibility index (Phi) is 5.93. The highest BCUT2D eigenvalue weighted by molar-refractivity contribution is 5.48. The predicted molar refractivity (Wildman–Crippen MR) is 106 cm³/mol. The van der Waals surface area contributed by atoms with E-state index in [1.807, 2.05) is 6.07 Å². The van der Waals surface area contributed by atoms with Crippen molar-refractivity contribution in [3.05, 3.63) is 71.8 Å². The van der Waals surface area contributed by atoms with Crippen molar-refractivity contribution < 1.29 is 4.74 Å². The van der Waals surface area contributed by atoms with Gasteiger partial charge in [-0.05, 0) is 42.6 Å². The maximum atomic E-state index is 5.45. The molecular formula is C23H29NO. The van der Waals surface area contributed by atoms with Gasteiger partial charge in [-0.3, -0.25) is 4.90 Å². The number of likely N-dealkylation sites (tertiary alicyclic amines) is 1. The molecule has 2 heteroatoms. The van der Waals surface area contributed by atoms with Crippen LogP contribution in [0.3, 0.4) is 0 Å². The Morgan fingerprint density at radius 2 is 1.96 bits per heavy atom. The van der Waals surface area contributed by atoms with Gasteiger partial charge in [0, 0.05) is 18.5 Å². The van der Waals surface area contributed by atoms with E-state index in [1.54, 1.807) is 7.11 Å². The van der Waals surface area contributed by atoms with Crippen LogP contribution in [0.1, 0.15) is 37.3 Å². The standard InChI is InChI=1S/C23H29NO/c1-3-14-23(21-12-7-13-22(18-21)25-2)15-17-24(19-23)16-8-11-20-9-5-4-6-10-20/h4-13,18H,3,14-17,19H2,1-2H3/b11-8-. The molecule has 0 radical (unpaired) electrons. The molecule has 3 rings (SSSR count). The van der Waals surface area contributed by atoms with Crippen LogP contribution >= 0.6 is 0 Å². The van der Waals surface area contributed by atoms with E-state index in [2.05, 4.69) is 72.5 Å². The molecule has 2 nitrogen and oxygen atoms in total. The van der Waals surface area contributed by atoms with Crippen LogP contribution in [0.5, 0.6) is 5.75 Å². The molecule has 1 heterocycles. The number of methoxy groups -OCH3 is 1. The molecule has 1 atom stereocenters. The van der Waals surface area contributed by atoms with Crippen LogP contribution < -0.4 is 4.74 Å². The Hall–Kier alpha value is -2.06. The van der Waals surface area contributed by atoms with Crippen LogP contribution in [-0.4, -0.2) is 31.6 Å². The fraction of sp³-hybridized carbons (Fsp3) is 0.391. The SMILES string of the molecule is CCCC1(c2cccc(OC)c2)CCN(C/C=C\c2ccccc2)C1. The maximum absolute atomic E-state index is 5.45. The van der Waals surface area contributed by atoms with Crippen LogP contribution in [0, 0.1) is 0 Å². The smallest absolute Gasteiger partial charge is 0.119 e. The summed E-state index contributed by atoms with van der Waals surface area (Å²) in [5.74, 6) is 0.968. The second kappa shape index (κ2) is 8.35. The van der Waals surface area contributed by atoms with E-state index in [0.29, 0.717) is 0 Å². The van der Waals surface area contributed by atoms with Gasteiger partial charge >= 0.3 is 0 Å². The van der Waals surface area contributed by atoms with Crippen LogP contribution in [0.25, 0.3) is 6.08 Å². The maximum Gasteiger partial charge on any atom is 0.119 e. The molecule has 2 aromatic carbocycles. The van der Waals surface area contributed by atoms with Crippen molar-refractivity contribution >= 4 is 6.08 Å². The monoisotopic (exact) mass is 335 g/mol. The third-order valence-corrected chi connectivity index (χ3v) is 5.32. The molecule has 0 bridgehead atoms. The van der Waals surface area contributed by atoms with E-state index in [-0.39, 0.29) is 5.41 Å². The van der Waals surface area contributed by atoms with Gasteiger partial charge in [0.15, 0.2) is 0 Å². The highest BCUT2D eigenvalue weighted by Gasteiger charge is 2.38. The number of hydrogen-bond donors (Lipinski definition) is 0. The summed E-state index contributed by atoms with van der Waals surface area (Å²) in [6.45, 7) is 5.60. The zero-order valence-corrected chi connectivity index (χ0v) is 15.4. The fourth-order valence-corrected chi connectivity index (χ4v) is 4.03. The summed E-state index contributed by atoms with van der Waals surface area (Å²) in [6, 6.07) is 19.2. The van der Waals surface area contributed by atoms with Gasteiger partial charge < -0.3 is 4.74 Å². The minimum atomic E-state index is 0.268. The van der Waals surface area contributed by atoms with Crippen LogP contribution in [0.2, 0.25) is 0 Å². The molecule has 0 N–H and O–H groups in total. The van der Waals surface area contributed by atoms with Crippen LogP contribution in [0.15, 0.2) is 60.7 Å². The lowest BCUT2D eigenvalue weighted by atomic mass is 9.76. The second-order valence-corrected chi connectivity index (χ2v) is 7.06. The van der Waals surface area contributed by atoms with E-state index >= 15 is 0 Å². The van der Waals surface area contributed by atoms with Gasteiger partial charge in [-0.15, -0.1) is 0 Å². The minimum Gasteiger partial charge on any atom is -0.497 e. The lowest BCUT2D eigenvalue weighted by Gasteiger charge is -2.30. The van der Waals surface area contributed by atoms with Crippen molar-refractivity contribution in [2.24, 2.45) is 0 Å². The first kappa shape index (κ1) is 17.8. The molecule has 2 aromatic rings. The number of rotatable bonds is 7. The van der Waals surface area contributed by atoms with Gasteiger partial charge in [-0.1, -0.05) is 68.0 Å². The summed E-state index contributed by atoms with van der Waals surface area (Å²) in [7, 11) is 1.75. The highest BCUT2D eigenvalue weighted by Crippen LogP contribution is 2.39. The molecule has 1 unspecified atom stereocenters. The Morgan fingerprint density at radius 3 is 2.72 bits per heavy atom. The lowest BCUT2D eigenvalue weighted by Crippen LogP contribution is -2.31. The van der Waals surface area contributed by atoms with Gasteiger partial charge in [0.2, 0.25) is 0 Å². The fourth-order valence-electron chi connectivity index (χ4n) is 4.03. The largest absolute Gasteiger partial charge is 0.497 e. The summed E-state index contributed by atoms with van der Waals surface area (Å²) >= 11 is 0. The Labute approximate surface area is 152 Å². The first-order valence-electron chi connectivity index (χ1n) is 9.34. The van der Waals surface area contributed by atoms with E-state index < -0.39 is 0 Å². The van der Waals surface area contributed by atoms with Crippen molar-refractivity contribution in [2.45, 2.75) is 31.6 Å². The quantitative estimate of drug-likeness (QED) is 0.693. The molecule has 1 aliphatic heterocycles. The number of hydrogen-bond acceptors (Lipinski definition) is 2. The molecule has 1 aliphatic rings. The molecule has 0 spiro atoms. The summed E-state index contributed by atoms with van der Waals surface area (Å²) in [5, 5.41) is 0. The van der Waals surface area contributed by atoms with Gasteiger partial charge in [0.1, 0.15) is 5.75 Å². The van der Waals surface area contributed by atoms with Crippen molar-refractivity contribution in [2.75, 3.05) is 26.7 Å². The second-order valence-electron chi connectivity index (χ2n) is 7.06. The minimum absolute atomic E-state index is 0.268. The molecule has 0 saturated carbocycles. The summed E-state index contributed by atoms with van der Waals surface area (Å²) in [5.41, 5.74) is 2.97. The Bertz CT molecular complexity index is 694. The summed E-state index contributed by atoms with van der Waals surface area (Å²) in [4.78, 5) is 2.58. The Balaban J connectivity index is 1.69. The zero-order chi connectivity index (χ0) is 17.5. The third-order valence-electron chi connectivity index (χ3n) is 5.32. The molecule has 1 fully saturated rings. The first-order chi connectivity index (χ1) is 12.3. The highest BCUT2D eigenvalue weighted by atomic mass is 16.5. The molecule has 0 aliphatic carbocycles. The Morgan fingerprint density at radius 1 is 1.12 bits per heavy atom.